The second-order valence-corrected chi connectivity index (χ2v) is 7.68. The van der Waals surface area contributed by atoms with Crippen molar-refractivity contribution >= 4 is 35.5 Å². The molecule has 1 aliphatic rings. The Kier molecular flexibility index (Phi) is 10.4. The van der Waals surface area contributed by atoms with Crippen molar-refractivity contribution in [3.8, 4) is 0 Å². The van der Waals surface area contributed by atoms with Crippen LogP contribution < -0.4 is 5.32 Å². The summed E-state index contributed by atoms with van der Waals surface area (Å²) in [6.07, 6.45) is -5.50. The van der Waals surface area contributed by atoms with Crippen molar-refractivity contribution in [2.24, 2.45) is 0 Å². The molecule has 5 atom stereocenters. The Morgan fingerprint density at radius 2 is 1.59 bits per heavy atom. The number of nitro groups is 1. The molecule has 15 heteroatoms. The number of non-ortho nitro benzene ring substituents is 1. The van der Waals surface area contributed by atoms with Crippen molar-refractivity contribution in [3.05, 3.63) is 39.9 Å². The fraction of sp³-hybridized carbons (Fsp3) is 0.500. The minimum absolute atomic E-state index is 0.00929. The van der Waals surface area contributed by atoms with E-state index < -0.39 is 78.6 Å². The topological polar surface area (TPSA) is 196 Å². The quantitative estimate of drug-likeness (QED) is 0.186. The van der Waals surface area contributed by atoms with Gasteiger partial charge in [-0.15, -0.1) is 0 Å². The van der Waals surface area contributed by atoms with Gasteiger partial charge in [0.2, 0.25) is 6.29 Å². The third kappa shape index (κ3) is 8.50. The van der Waals surface area contributed by atoms with E-state index in [1.54, 1.807) is 0 Å². The molecule has 37 heavy (non-hydrogen) atoms. The SMILES string of the molecule is COC(=O)CO[C@@H]1[C@H](NC(=O)c2ccc([N+](=O)[O-])cc2)[C@H](OC(C)=O)O[C@H](COC(C)=O)[C@@H]1OC(C)=O. The highest BCUT2D eigenvalue weighted by molar-refractivity contribution is 5.94. The highest BCUT2D eigenvalue weighted by Gasteiger charge is 2.51. The van der Waals surface area contributed by atoms with Gasteiger partial charge < -0.3 is 33.7 Å². The highest BCUT2D eigenvalue weighted by Crippen LogP contribution is 2.28. The molecule has 2 rings (SSSR count). The summed E-state index contributed by atoms with van der Waals surface area (Å²) in [5.41, 5.74) is -0.261. The predicted octanol–water partition coefficient (Wildman–Crippen LogP) is 0.0342. The molecule has 1 fully saturated rings. The molecule has 0 unspecified atom stereocenters. The number of amides is 1. The molecule has 0 saturated carbocycles. The normalized spacial score (nSPS) is 22.8. The minimum Gasteiger partial charge on any atom is -0.467 e. The number of benzene rings is 1. The summed E-state index contributed by atoms with van der Waals surface area (Å²) < 4.78 is 31.4. The van der Waals surface area contributed by atoms with Crippen LogP contribution in [0.1, 0.15) is 31.1 Å². The molecule has 0 spiro atoms. The molecular formula is C22H26N2O13. The van der Waals surface area contributed by atoms with E-state index in [9.17, 15) is 34.1 Å². The molecule has 1 saturated heterocycles. The average molecular weight is 526 g/mol. The number of nitrogens with one attached hydrogen (secondary N) is 1. The Hall–Kier alpha value is -4.11. The number of ether oxygens (including phenoxy) is 6. The van der Waals surface area contributed by atoms with Crippen LogP contribution in [-0.2, 0) is 47.6 Å². The van der Waals surface area contributed by atoms with E-state index in [-0.39, 0.29) is 11.3 Å². The van der Waals surface area contributed by atoms with Crippen molar-refractivity contribution in [2.75, 3.05) is 20.3 Å². The summed E-state index contributed by atoms with van der Waals surface area (Å²) in [7, 11) is 1.11. The number of hydrogen-bond donors (Lipinski definition) is 1. The lowest BCUT2D eigenvalue weighted by Crippen LogP contribution is -2.66. The number of methoxy groups -OCH3 is 1. The second kappa shape index (κ2) is 13.3. The first-order chi connectivity index (χ1) is 17.4. The van der Waals surface area contributed by atoms with Crippen molar-refractivity contribution < 1.29 is 57.3 Å². The van der Waals surface area contributed by atoms with Gasteiger partial charge in [-0.2, -0.15) is 0 Å². The lowest BCUT2D eigenvalue weighted by Gasteiger charge is -2.44. The van der Waals surface area contributed by atoms with Crippen LogP contribution in [0.5, 0.6) is 0 Å². The summed E-state index contributed by atoms with van der Waals surface area (Å²) in [5, 5.41) is 13.4. The molecule has 1 aromatic carbocycles. The fourth-order valence-electron chi connectivity index (χ4n) is 3.38. The number of nitro benzene ring substituents is 1. The lowest BCUT2D eigenvalue weighted by atomic mass is 9.95. The summed E-state index contributed by atoms with van der Waals surface area (Å²) in [6, 6.07) is 3.23. The third-order valence-electron chi connectivity index (χ3n) is 4.94. The number of rotatable bonds is 10. The van der Waals surface area contributed by atoms with E-state index >= 15 is 0 Å². The Balaban J connectivity index is 2.46. The van der Waals surface area contributed by atoms with Gasteiger partial charge in [-0.1, -0.05) is 0 Å². The average Bonchev–Trinajstić information content (AvgIpc) is 2.83. The van der Waals surface area contributed by atoms with Gasteiger partial charge in [0.1, 0.15) is 31.5 Å². The first-order valence-electron chi connectivity index (χ1n) is 10.8. The Labute approximate surface area is 210 Å². The molecule has 0 aromatic heterocycles. The summed E-state index contributed by atoms with van der Waals surface area (Å²) in [4.78, 5) is 70.1. The molecule has 0 bridgehead atoms. The Morgan fingerprint density at radius 1 is 0.973 bits per heavy atom. The van der Waals surface area contributed by atoms with Crippen LogP contribution in [-0.4, -0.2) is 85.7 Å². The predicted molar refractivity (Wildman–Crippen MR) is 119 cm³/mol. The van der Waals surface area contributed by atoms with Crippen LogP contribution in [0.4, 0.5) is 5.69 Å². The first kappa shape index (κ1) is 29.1. The maximum Gasteiger partial charge on any atom is 0.331 e. The van der Waals surface area contributed by atoms with Crippen molar-refractivity contribution in [1.82, 2.24) is 5.32 Å². The Morgan fingerprint density at radius 3 is 2.11 bits per heavy atom. The van der Waals surface area contributed by atoms with Gasteiger partial charge in [0, 0.05) is 38.5 Å². The van der Waals surface area contributed by atoms with E-state index in [2.05, 4.69) is 10.1 Å². The fourth-order valence-corrected chi connectivity index (χ4v) is 3.38. The van der Waals surface area contributed by atoms with E-state index in [0.29, 0.717) is 0 Å². The molecule has 1 aromatic rings. The third-order valence-corrected chi connectivity index (χ3v) is 4.94. The van der Waals surface area contributed by atoms with Gasteiger partial charge in [0.25, 0.3) is 11.6 Å². The number of hydrogen-bond acceptors (Lipinski definition) is 13. The van der Waals surface area contributed by atoms with Crippen molar-refractivity contribution in [2.45, 2.75) is 51.4 Å². The molecule has 0 radical (unpaired) electrons. The van der Waals surface area contributed by atoms with Gasteiger partial charge in [-0.25, -0.2) is 4.79 Å². The monoisotopic (exact) mass is 526 g/mol. The van der Waals surface area contributed by atoms with Crippen LogP contribution in [0, 0.1) is 10.1 Å². The van der Waals surface area contributed by atoms with Gasteiger partial charge in [0.05, 0.1) is 12.0 Å². The largest absolute Gasteiger partial charge is 0.467 e. The van der Waals surface area contributed by atoms with Crippen LogP contribution in [0.25, 0.3) is 0 Å². The van der Waals surface area contributed by atoms with Crippen LogP contribution in [0.2, 0.25) is 0 Å². The number of carbonyl (C=O) groups excluding carboxylic acids is 5. The summed E-state index contributed by atoms with van der Waals surface area (Å²) in [5.74, 6) is -3.89. The van der Waals surface area contributed by atoms with E-state index in [1.165, 1.54) is 12.1 Å². The van der Waals surface area contributed by atoms with Gasteiger partial charge in [-0.3, -0.25) is 29.3 Å². The lowest BCUT2D eigenvalue weighted by molar-refractivity contribution is -0.384. The summed E-state index contributed by atoms with van der Waals surface area (Å²) in [6.45, 7) is 2.18. The molecule has 202 valence electrons. The second-order valence-electron chi connectivity index (χ2n) is 7.68. The number of carbonyl (C=O) groups is 5. The molecule has 1 aliphatic heterocycles. The van der Waals surface area contributed by atoms with Gasteiger partial charge >= 0.3 is 23.9 Å². The zero-order chi connectivity index (χ0) is 27.7. The highest BCUT2D eigenvalue weighted by atomic mass is 16.7. The van der Waals surface area contributed by atoms with Crippen molar-refractivity contribution in [3.63, 3.8) is 0 Å². The molecule has 0 aliphatic carbocycles. The maximum atomic E-state index is 13.0. The standard InChI is InChI=1S/C22H26N2O13/c1-11(25)33-9-16-19(35-12(2)26)20(34-10-17(28)32-4)18(22(37-16)36-13(3)27)23-21(29)14-5-7-15(8-6-14)24(30)31/h5-8,16,18-20,22H,9-10H2,1-4H3,(H,23,29)/t16-,18+,19+,20-,22-/m1/s1. The molecule has 1 N–H and O–H groups in total. The molecule has 1 amide bonds. The van der Waals surface area contributed by atoms with Gasteiger partial charge in [-0.05, 0) is 12.1 Å². The van der Waals surface area contributed by atoms with E-state index in [1.807, 2.05) is 0 Å². The van der Waals surface area contributed by atoms with Gasteiger partial charge in [0.15, 0.2) is 6.10 Å². The zero-order valence-corrected chi connectivity index (χ0v) is 20.4. The van der Waals surface area contributed by atoms with Crippen LogP contribution >= 0.6 is 0 Å². The zero-order valence-electron chi connectivity index (χ0n) is 20.4. The number of nitrogens with zero attached hydrogens (tertiary/aromatic N) is 1. The Bertz CT molecular complexity index is 1030. The smallest absolute Gasteiger partial charge is 0.331 e. The maximum absolute atomic E-state index is 13.0. The minimum atomic E-state index is -1.55. The van der Waals surface area contributed by atoms with Crippen molar-refractivity contribution in [1.29, 1.82) is 0 Å². The molecule has 1 heterocycles. The van der Waals surface area contributed by atoms with E-state index in [0.717, 1.165) is 40.0 Å². The molecule has 15 nitrogen and oxygen atoms in total. The summed E-state index contributed by atoms with van der Waals surface area (Å²) >= 11 is 0. The first-order valence-corrected chi connectivity index (χ1v) is 10.8. The van der Waals surface area contributed by atoms with Crippen LogP contribution in [0.15, 0.2) is 24.3 Å². The van der Waals surface area contributed by atoms with Crippen LogP contribution in [0.3, 0.4) is 0 Å². The molecular weight excluding hydrogens is 500 g/mol. The van der Waals surface area contributed by atoms with E-state index in [4.69, 9.17) is 23.7 Å². The number of esters is 4.